The summed E-state index contributed by atoms with van der Waals surface area (Å²) in [6, 6.07) is 8.17. The number of aromatic nitrogens is 2. The minimum atomic E-state index is -3.72. The van der Waals surface area contributed by atoms with Gasteiger partial charge in [0.05, 0.1) is 17.2 Å². The van der Waals surface area contributed by atoms with Crippen molar-refractivity contribution >= 4 is 40.8 Å². The quantitative estimate of drug-likeness (QED) is 0.196. The predicted octanol–water partition coefficient (Wildman–Crippen LogP) is 3.52. The first kappa shape index (κ1) is 31.7. The fraction of sp³-hybridized carbons (Fsp3) is 0.423. The lowest BCUT2D eigenvalue weighted by Crippen LogP contribution is -2.65. The van der Waals surface area contributed by atoms with E-state index >= 15 is 8.78 Å². The molecule has 42 heavy (non-hydrogen) atoms. The van der Waals surface area contributed by atoms with Crippen molar-refractivity contribution in [3.8, 4) is 11.5 Å². The van der Waals surface area contributed by atoms with Gasteiger partial charge in [-0.1, -0.05) is 35.1 Å². The van der Waals surface area contributed by atoms with E-state index in [-0.39, 0.29) is 20.5 Å². The van der Waals surface area contributed by atoms with Crippen LogP contribution < -0.4 is 25.4 Å². The second-order valence-electron chi connectivity index (χ2n) is 9.86. The van der Waals surface area contributed by atoms with E-state index in [0.717, 1.165) is 13.1 Å². The minimum absolute atomic E-state index is 0.258. The van der Waals surface area contributed by atoms with Gasteiger partial charge in [0.15, 0.2) is 11.8 Å². The maximum atomic E-state index is 16.6. The van der Waals surface area contributed by atoms with Crippen LogP contribution in [0.25, 0.3) is 10.8 Å². The molecule has 3 aromatic rings. The highest BCUT2D eigenvalue weighted by Gasteiger charge is 2.72. The number of esters is 1. The minimum Gasteiger partial charge on any atom is -0.575 e. The number of carbonyl (C=O) groups is 1. The lowest BCUT2D eigenvalue weighted by atomic mass is 9.96. The number of fused-ring (bicyclic) bond motifs is 1. The first-order valence-electron chi connectivity index (χ1n) is 12.6. The summed E-state index contributed by atoms with van der Waals surface area (Å²) in [4.78, 5) is 51.1. The fourth-order valence-corrected chi connectivity index (χ4v) is 5.44. The van der Waals surface area contributed by atoms with Gasteiger partial charge in [-0.2, -0.15) is 4.39 Å². The predicted molar refractivity (Wildman–Crippen MR) is 148 cm³/mol. The Morgan fingerprint density at radius 2 is 1.95 bits per heavy atom. The monoisotopic (exact) mass is 673 g/mol. The van der Waals surface area contributed by atoms with Gasteiger partial charge < -0.3 is 24.2 Å². The zero-order valence-electron chi connectivity index (χ0n) is 22.8. The number of ether oxygens (including phenoxy) is 3. The zero-order valence-corrected chi connectivity index (χ0v) is 25.3. The molecule has 0 radical (unpaired) electrons. The number of aromatic amines is 1. The fourth-order valence-electron chi connectivity index (χ4n) is 4.37. The maximum absolute atomic E-state index is 16.6. The highest BCUT2D eigenvalue weighted by molar-refractivity contribution is 9.10. The van der Waals surface area contributed by atoms with Crippen molar-refractivity contribution in [2.24, 2.45) is 4.74 Å². The Kier molecular flexibility index (Phi) is 8.91. The molecule has 2 heterocycles. The summed E-state index contributed by atoms with van der Waals surface area (Å²) in [6.07, 6.45) is -0.434. The molecule has 0 spiro atoms. The van der Waals surface area contributed by atoms with E-state index in [9.17, 15) is 24.4 Å². The summed E-state index contributed by atoms with van der Waals surface area (Å²) in [7, 11) is -2.94. The summed E-state index contributed by atoms with van der Waals surface area (Å²) in [5.41, 5.74) is -2.18. The van der Waals surface area contributed by atoms with Crippen LogP contribution in [0, 0.1) is 0 Å². The summed E-state index contributed by atoms with van der Waals surface area (Å²) in [5.74, 6) is -11.6. The number of alkyl halides is 2. The van der Waals surface area contributed by atoms with Crippen LogP contribution in [0.15, 0.2) is 61.4 Å². The molecule has 1 aromatic heterocycles. The van der Waals surface area contributed by atoms with E-state index in [4.69, 9.17) is 18.7 Å². The molecule has 1 unspecified atom stereocenters. The molecule has 12 nitrogen and oxygen atoms in total. The number of aliphatic hydroxyl groups is 1. The SMILES string of the molecule is CC(C)OC(=O)[C@H](C)N=[P+]([O-])Oc1c(O[C@@](C)(O)[C@]2(F)OCC[C@]2(F)n2cc(Br)c(=O)[nH]c2=O)ccc2ccccc12. The van der Waals surface area contributed by atoms with Crippen LogP contribution in [0.4, 0.5) is 8.78 Å². The molecule has 0 amide bonds. The van der Waals surface area contributed by atoms with Crippen molar-refractivity contribution in [1.29, 1.82) is 0 Å². The number of hydrogen-bond acceptors (Lipinski definition) is 10. The second kappa shape index (κ2) is 11.8. The lowest BCUT2D eigenvalue weighted by Gasteiger charge is -2.41. The first-order chi connectivity index (χ1) is 19.6. The molecule has 1 saturated heterocycles. The van der Waals surface area contributed by atoms with Crippen molar-refractivity contribution in [2.45, 2.75) is 63.7 Å². The van der Waals surface area contributed by atoms with Crippen LogP contribution in [0.3, 0.4) is 0 Å². The van der Waals surface area contributed by atoms with E-state index in [0.29, 0.717) is 10.8 Å². The summed E-state index contributed by atoms with van der Waals surface area (Å²) >= 11 is 2.88. The van der Waals surface area contributed by atoms with Crippen LogP contribution in [0.1, 0.15) is 34.1 Å². The molecule has 0 saturated carbocycles. The summed E-state index contributed by atoms with van der Waals surface area (Å²) < 4.78 is 58.1. The third-order valence-electron chi connectivity index (χ3n) is 6.39. The van der Waals surface area contributed by atoms with Gasteiger partial charge >= 0.3 is 25.7 Å². The van der Waals surface area contributed by atoms with Gasteiger partial charge in [-0.3, -0.25) is 18.9 Å². The summed E-state index contributed by atoms with van der Waals surface area (Å²) in [5, 5.41) is 12.2. The molecule has 1 aliphatic heterocycles. The second-order valence-corrected chi connectivity index (χ2v) is 11.6. The third kappa shape index (κ3) is 5.84. The van der Waals surface area contributed by atoms with Gasteiger partial charge in [0.1, 0.15) is 0 Å². The Labute approximate surface area is 246 Å². The molecule has 16 heteroatoms. The topological polar surface area (TPSA) is 164 Å². The molecular weight excluding hydrogens is 647 g/mol. The van der Waals surface area contributed by atoms with Crippen LogP contribution >= 0.6 is 24.1 Å². The van der Waals surface area contributed by atoms with Crippen molar-refractivity contribution < 1.29 is 42.3 Å². The zero-order chi connectivity index (χ0) is 31.0. The van der Waals surface area contributed by atoms with Gasteiger partial charge in [-0.25, -0.2) is 14.0 Å². The molecule has 4 rings (SSSR count). The molecule has 1 aliphatic rings. The first-order valence-corrected chi connectivity index (χ1v) is 14.6. The summed E-state index contributed by atoms with van der Waals surface area (Å²) in [6.45, 7) is 4.82. The van der Waals surface area contributed by atoms with Crippen LogP contribution in [0.5, 0.6) is 11.5 Å². The van der Waals surface area contributed by atoms with Crippen molar-refractivity contribution in [3.63, 3.8) is 0 Å². The van der Waals surface area contributed by atoms with E-state index in [1.807, 2.05) is 4.98 Å². The number of benzene rings is 2. The van der Waals surface area contributed by atoms with Crippen molar-refractivity contribution in [2.75, 3.05) is 6.61 Å². The number of carbonyl (C=O) groups excluding carboxylic acids is 1. The Hall–Kier alpha value is -3.23. The number of rotatable bonds is 9. The van der Waals surface area contributed by atoms with Crippen LogP contribution in [-0.4, -0.2) is 51.0 Å². The Morgan fingerprint density at radius 1 is 1.26 bits per heavy atom. The van der Waals surface area contributed by atoms with Gasteiger partial charge in [0.2, 0.25) is 5.75 Å². The molecule has 1 fully saturated rings. The molecule has 226 valence electrons. The van der Waals surface area contributed by atoms with E-state index in [1.165, 1.54) is 19.1 Å². The van der Waals surface area contributed by atoms with Gasteiger partial charge in [-0.05, 0) is 48.2 Å². The number of H-pyrrole nitrogens is 1. The van der Waals surface area contributed by atoms with Gasteiger partial charge in [-0.15, -0.1) is 0 Å². The molecule has 2 aromatic carbocycles. The normalized spacial score (nSPS) is 23.0. The molecule has 2 N–H and O–H groups in total. The highest BCUT2D eigenvalue weighted by Crippen LogP contribution is 2.52. The van der Waals surface area contributed by atoms with E-state index < -0.39 is 68.0 Å². The van der Waals surface area contributed by atoms with Crippen LogP contribution in [0.2, 0.25) is 0 Å². The average Bonchev–Trinajstić information content (AvgIpc) is 3.23. The molecular formula is C26H27BrF2N3O9P. The van der Waals surface area contributed by atoms with Gasteiger partial charge in [0, 0.05) is 24.9 Å². The lowest BCUT2D eigenvalue weighted by molar-refractivity contribution is -0.354. The third-order valence-corrected chi connectivity index (χ3v) is 7.82. The average molecular weight is 674 g/mol. The number of hydrogen-bond donors (Lipinski definition) is 2. The molecule has 0 bridgehead atoms. The van der Waals surface area contributed by atoms with Crippen molar-refractivity contribution in [1.82, 2.24) is 9.55 Å². The Bertz CT molecular complexity index is 1660. The number of nitrogens with one attached hydrogen (secondary N) is 1. The highest BCUT2D eigenvalue weighted by atomic mass is 79.9. The van der Waals surface area contributed by atoms with Gasteiger partial charge in [0.25, 0.3) is 17.1 Å². The smallest absolute Gasteiger partial charge is 0.395 e. The Balaban J connectivity index is 1.75. The van der Waals surface area contributed by atoms with E-state index in [1.54, 1.807) is 38.1 Å². The number of halogens is 3. The largest absolute Gasteiger partial charge is 0.575 e. The number of nitrogens with zero attached hydrogens (tertiary/aromatic N) is 2. The molecule has 0 aliphatic carbocycles. The Morgan fingerprint density at radius 3 is 2.64 bits per heavy atom. The van der Waals surface area contributed by atoms with E-state index in [2.05, 4.69) is 20.7 Å². The van der Waals surface area contributed by atoms with Crippen LogP contribution in [-0.2, 0) is 20.1 Å². The standard InChI is InChI=1S/C26H27BrF2N3O9P/c1-14(2)39-22(34)15(3)31-42(37)41-20-17-8-6-5-7-16(17)9-10-19(20)40-24(4,36)26(29)25(28,11-12-38-26)32-13-18(27)21(33)30-23(32)35/h5-10,13-15,36H,11-12H2,1-4H3,(H,30,33,35)/t15-,24+,25-,26-/m0/s1. The molecule has 5 atom stereocenters. The van der Waals surface area contributed by atoms with Crippen molar-refractivity contribution in [3.05, 3.63) is 67.9 Å². The maximum Gasteiger partial charge on any atom is 0.395 e.